The average molecular weight is 572 g/mol. The Balaban J connectivity index is 1.68. The van der Waals surface area contributed by atoms with E-state index in [0.29, 0.717) is 22.6 Å². The molecule has 2 N–H and O–H groups in total. The normalized spacial score (nSPS) is 19.4. The van der Waals surface area contributed by atoms with Crippen LogP contribution in [0.1, 0.15) is 13.8 Å². The predicted molar refractivity (Wildman–Crippen MR) is 150 cm³/mol. The molecule has 4 rings (SSSR count). The summed E-state index contributed by atoms with van der Waals surface area (Å²) in [5.41, 5.74) is 1.30. The van der Waals surface area contributed by atoms with Gasteiger partial charge in [0.2, 0.25) is 10.0 Å². The third-order valence-electron chi connectivity index (χ3n) is 6.97. The molecular formula is C29H34FN3O6S. The van der Waals surface area contributed by atoms with E-state index in [2.05, 4.69) is 5.32 Å². The van der Waals surface area contributed by atoms with E-state index >= 15 is 0 Å². The van der Waals surface area contributed by atoms with Crippen molar-refractivity contribution < 1.29 is 32.2 Å². The summed E-state index contributed by atoms with van der Waals surface area (Å²) in [6.07, 6.45) is -0.625. The first-order valence-corrected chi connectivity index (χ1v) is 14.3. The summed E-state index contributed by atoms with van der Waals surface area (Å²) in [6, 6.07) is 16.5. The van der Waals surface area contributed by atoms with Gasteiger partial charge in [-0.2, -0.15) is 4.31 Å². The van der Waals surface area contributed by atoms with E-state index < -0.39 is 28.0 Å². The van der Waals surface area contributed by atoms with Crippen LogP contribution in [0, 0.1) is 11.7 Å². The Kier molecular flexibility index (Phi) is 8.97. The molecule has 3 aromatic carbocycles. The van der Waals surface area contributed by atoms with Crippen LogP contribution in [0.15, 0.2) is 71.6 Å². The quantitative estimate of drug-likeness (QED) is 0.434. The van der Waals surface area contributed by atoms with E-state index in [4.69, 9.17) is 9.47 Å². The van der Waals surface area contributed by atoms with Gasteiger partial charge in [0.1, 0.15) is 28.3 Å². The van der Waals surface area contributed by atoms with Gasteiger partial charge in [-0.25, -0.2) is 17.6 Å². The topological polar surface area (TPSA) is 108 Å². The zero-order valence-corrected chi connectivity index (χ0v) is 23.7. The molecule has 0 fully saturated rings. The van der Waals surface area contributed by atoms with E-state index in [1.165, 1.54) is 40.6 Å². The van der Waals surface area contributed by atoms with Crippen molar-refractivity contribution >= 4 is 21.7 Å². The summed E-state index contributed by atoms with van der Waals surface area (Å²) < 4.78 is 54.8. The maximum absolute atomic E-state index is 14.6. The van der Waals surface area contributed by atoms with Gasteiger partial charge in [-0.05, 0) is 42.8 Å². The summed E-state index contributed by atoms with van der Waals surface area (Å²) in [6.45, 7) is 3.28. The zero-order chi connectivity index (χ0) is 29.0. The molecule has 11 heteroatoms. The number of aliphatic hydroxyl groups excluding tert-OH is 1. The Bertz CT molecular complexity index is 1470. The molecule has 0 spiro atoms. The summed E-state index contributed by atoms with van der Waals surface area (Å²) in [4.78, 5) is 14.4. The molecule has 1 aliphatic heterocycles. The number of ether oxygens (including phenoxy) is 2. The molecule has 0 aromatic heterocycles. The first kappa shape index (κ1) is 29.3. The van der Waals surface area contributed by atoms with Gasteiger partial charge in [-0.15, -0.1) is 0 Å². The molecule has 0 bridgehead atoms. The molecule has 3 atom stereocenters. The fourth-order valence-corrected chi connectivity index (χ4v) is 6.40. The van der Waals surface area contributed by atoms with Crippen molar-refractivity contribution in [3.05, 3.63) is 72.5 Å². The molecule has 1 aliphatic rings. The second-order valence-corrected chi connectivity index (χ2v) is 11.8. The largest absolute Gasteiger partial charge is 0.497 e. The number of carbonyl (C=O) groups is 1. The fraction of sp³-hybridized carbons (Fsp3) is 0.345. The Hall–Kier alpha value is -3.67. The summed E-state index contributed by atoms with van der Waals surface area (Å²) in [5.74, 6) is -0.181. The number of rotatable bonds is 7. The van der Waals surface area contributed by atoms with Crippen LogP contribution in [-0.4, -0.2) is 74.8 Å². The molecule has 9 nitrogen and oxygen atoms in total. The lowest BCUT2D eigenvalue weighted by Gasteiger charge is -2.37. The molecule has 0 saturated heterocycles. The highest BCUT2D eigenvalue weighted by molar-refractivity contribution is 7.89. The van der Waals surface area contributed by atoms with E-state index in [9.17, 15) is 22.7 Å². The minimum Gasteiger partial charge on any atom is -0.497 e. The maximum Gasteiger partial charge on any atom is 0.321 e. The molecule has 0 radical (unpaired) electrons. The van der Waals surface area contributed by atoms with Gasteiger partial charge in [0, 0.05) is 42.9 Å². The van der Waals surface area contributed by atoms with Gasteiger partial charge in [0.05, 0.1) is 20.3 Å². The van der Waals surface area contributed by atoms with Crippen molar-refractivity contribution in [2.75, 3.05) is 39.2 Å². The maximum atomic E-state index is 14.6. The third kappa shape index (κ3) is 6.22. The van der Waals surface area contributed by atoms with E-state index in [1.54, 1.807) is 56.4 Å². The Morgan fingerprint density at radius 1 is 1.20 bits per heavy atom. The number of anilines is 1. The number of urea groups is 1. The molecular weight excluding hydrogens is 537 g/mol. The highest BCUT2D eigenvalue weighted by Crippen LogP contribution is 2.37. The molecule has 1 heterocycles. The number of carbonyl (C=O) groups excluding carboxylic acids is 1. The number of benzene rings is 3. The number of methoxy groups -OCH3 is 1. The first-order valence-electron chi connectivity index (χ1n) is 12.9. The molecule has 214 valence electrons. The van der Waals surface area contributed by atoms with Crippen molar-refractivity contribution in [2.45, 2.75) is 30.9 Å². The molecule has 40 heavy (non-hydrogen) atoms. The van der Waals surface area contributed by atoms with Crippen molar-refractivity contribution in [2.24, 2.45) is 5.92 Å². The monoisotopic (exact) mass is 571 g/mol. The van der Waals surface area contributed by atoms with Crippen LogP contribution >= 0.6 is 0 Å². The van der Waals surface area contributed by atoms with Crippen molar-refractivity contribution in [3.63, 3.8) is 0 Å². The molecule has 2 amide bonds. The minimum absolute atomic E-state index is 0.0500. The third-order valence-corrected chi connectivity index (χ3v) is 8.99. The lowest BCUT2D eigenvalue weighted by molar-refractivity contribution is 0.0830. The number of hydrogen-bond donors (Lipinski definition) is 2. The predicted octanol–water partition coefficient (Wildman–Crippen LogP) is 4.43. The Morgan fingerprint density at radius 2 is 1.95 bits per heavy atom. The van der Waals surface area contributed by atoms with E-state index in [0.717, 1.165) is 0 Å². The summed E-state index contributed by atoms with van der Waals surface area (Å²) in [5, 5.41) is 12.7. The highest BCUT2D eigenvalue weighted by Gasteiger charge is 2.38. The van der Waals surface area contributed by atoms with Gasteiger partial charge in [-0.1, -0.05) is 37.3 Å². The van der Waals surface area contributed by atoms with Gasteiger partial charge < -0.3 is 24.8 Å². The van der Waals surface area contributed by atoms with Crippen molar-refractivity contribution in [3.8, 4) is 22.6 Å². The molecule has 3 aromatic rings. The number of halogens is 1. The standard InChI is InChI=1S/C29H34FN3O6S/c1-19-16-33(20(2)18-34)40(36,37)28-13-12-21(24-10-5-6-11-25(24)30)14-26(28)39-27(19)17-32(3)29(35)31-22-8-7-9-23(15-22)38-4/h5-15,19-20,27,34H,16-18H2,1-4H3,(H,31,35)/t19-,20-,27+/m0/s1. The number of fused-ring (bicyclic) bond motifs is 1. The molecule has 0 unspecified atom stereocenters. The summed E-state index contributed by atoms with van der Waals surface area (Å²) >= 11 is 0. The van der Waals surface area contributed by atoms with Crippen molar-refractivity contribution in [1.29, 1.82) is 0 Å². The number of amides is 2. The molecule has 0 aliphatic carbocycles. The summed E-state index contributed by atoms with van der Waals surface area (Å²) in [7, 11) is -0.906. The Labute approximate surface area is 234 Å². The number of sulfonamides is 1. The van der Waals surface area contributed by atoms with E-state index in [1.807, 2.05) is 6.92 Å². The van der Waals surface area contributed by atoms with Crippen LogP contribution in [0.3, 0.4) is 0 Å². The number of nitrogens with one attached hydrogen (secondary N) is 1. The van der Waals surface area contributed by atoms with Crippen LogP contribution in [0.4, 0.5) is 14.9 Å². The highest BCUT2D eigenvalue weighted by atomic mass is 32.2. The van der Waals surface area contributed by atoms with Crippen LogP contribution < -0.4 is 14.8 Å². The number of aliphatic hydroxyl groups is 1. The number of hydrogen-bond acceptors (Lipinski definition) is 6. The first-order chi connectivity index (χ1) is 19.0. The minimum atomic E-state index is -4.06. The van der Waals surface area contributed by atoms with E-state index in [-0.39, 0.29) is 42.3 Å². The van der Waals surface area contributed by atoms with Gasteiger partial charge in [0.15, 0.2) is 0 Å². The van der Waals surface area contributed by atoms with Gasteiger partial charge in [0.25, 0.3) is 0 Å². The second kappa shape index (κ2) is 12.2. The smallest absolute Gasteiger partial charge is 0.321 e. The van der Waals surface area contributed by atoms with Crippen LogP contribution in [-0.2, 0) is 10.0 Å². The van der Waals surface area contributed by atoms with Gasteiger partial charge >= 0.3 is 6.03 Å². The Morgan fingerprint density at radius 3 is 2.65 bits per heavy atom. The second-order valence-electron chi connectivity index (χ2n) is 9.92. The van der Waals surface area contributed by atoms with Crippen molar-refractivity contribution in [1.82, 2.24) is 9.21 Å². The number of likely N-dealkylation sites (N-methyl/N-ethyl adjacent to an activating group) is 1. The van der Waals surface area contributed by atoms with Gasteiger partial charge in [-0.3, -0.25) is 0 Å². The number of nitrogens with zero attached hydrogens (tertiary/aromatic N) is 2. The average Bonchev–Trinajstić information content (AvgIpc) is 2.94. The lowest BCUT2D eigenvalue weighted by atomic mass is 10.0. The SMILES string of the molecule is COc1cccc(NC(=O)N(C)C[C@H]2Oc3cc(-c4ccccc4F)ccc3S(=O)(=O)N([C@@H](C)CO)C[C@@H]2C)c1. The molecule has 0 saturated carbocycles. The van der Waals surface area contributed by atoms with Crippen LogP contribution in [0.25, 0.3) is 11.1 Å². The van der Waals surface area contributed by atoms with Crippen LogP contribution in [0.5, 0.6) is 11.5 Å². The zero-order valence-electron chi connectivity index (χ0n) is 22.9. The van der Waals surface area contributed by atoms with Crippen LogP contribution in [0.2, 0.25) is 0 Å². The fourth-order valence-electron chi connectivity index (χ4n) is 4.58. The lowest BCUT2D eigenvalue weighted by Crippen LogP contribution is -2.50.